The van der Waals surface area contributed by atoms with Gasteiger partial charge in [0.05, 0.1) is 11.2 Å². The third kappa shape index (κ3) is 1.46. The maximum atomic E-state index is 10.7. The van der Waals surface area contributed by atoms with Gasteiger partial charge in [0.25, 0.3) is 0 Å². The molecule has 0 radical (unpaired) electrons. The maximum Gasteiger partial charge on any atom is 0.0654 e. The molecule has 3 aliphatic carbocycles. The van der Waals surface area contributed by atoms with Crippen LogP contribution in [0.2, 0.25) is 0 Å². The Morgan fingerprint density at radius 3 is 1.94 bits per heavy atom. The van der Waals surface area contributed by atoms with E-state index in [9.17, 15) is 10.2 Å². The zero-order valence-corrected chi connectivity index (χ0v) is 11.5. The second kappa shape index (κ2) is 3.08. The molecule has 2 nitrogen and oxygen atoms in total. The summed E-state index contributed by atoms with van der Waals surface area (Å²) in [5, 5.41) is 21.3. The van der Waals surface area contributed by atoms with Crippen molar-refractivity contribution in [3.63, 3.8) is 0 Å². The average Bonchev–Trinajstić information content (AvgIpc) is 2.59. The highest BCUT2D eigenvalue weighted by Gasteiger charge is 2.69. The Kier molecular flexibility index (Phi) is 2.17. The molecule has 2 N–H and O–H groups in total. The van der Waals surface area contributed by atoms with Crippen LogP contribution in [-0.2, 0) is 0 Å². The molecule has 98 valence electrons. The van der Waals surface area contributed by atoms with Crippen LogP contribution < -0.4 is 0 Å². The van der Waals surface area contributed by atoms with Crippen LogP contribution >= 0.6 is 0 Å². The van der Waals surface area contributed by atoms with Gasteiger partial charge in [0.15, 0.2) is 0 Å². The van der Waals surface area contributed by atoms with E-state index in [2.05, 4.69) is 13.8 Å². The molecule has 0 unspecified atom stereocenters. The molecule has 0 aliphatic heterocycles. The van der Waals surface area contributed by atoms with Crippen LogP contribution in [0.1, 0.15) is 53.4 Å². The Labute approximate surface area is 104 Å². The summed E-state index contributed by atoms with van der Waals surface area (Å²) in [4.78, 5) is 0. The molecule has 17 heavy (non-hydrogen) atoms. The molecule has 0 aromatic heterocycles. The Balaban J connectivity index is 1.99. The minimum absolute atomic E-state index is 0.300. The standard InChI is InChI=1S/C15H26O2/c1-13(2)9-5-7-14(3,16)10-6-8-15(4,17)12(10)11(9)13/h9-12,16-17H,5-8H2,1-4H3/t9-,10+,11-,12-,14+,15-/m1/s1. The summed E-state index contributed by atoms with van der Waals surface area (Å²) in [5.74, 6) is 1.95. The minimum atomic E-state index is -0.561. The molecule has 6 atom stereocenters. The van der Waals surface area contributed by atoms with Gasteiger partial charge < -0.3 is 10.2 Å². The second-order valence-electron chi connectivity index (χ2n) is 7.88. The van der Waals surface area contributed by atoms with Crippen LogP contribution in [0.25, 0.3) is 0 Å². The van der Waals surface area contributed by atoms with E-state index in [1.54, 1.807) is 0 Å². The first-order chi connectivity index (χ1) is 7.68. The van der Waals surface area contributed by atoms with Crippen molar-refractivity contribution < 1.29 is 10.2 Å². The van der Waals surface area contributed by atoms with E-state index in [1.807, 2.05) is 13.8 Å². The molecule has 3 fully saturated rings. The highest BCUT2D eigenvalue weighted by atomic mass is 16.3. The summed E-state index contributed by atoms with van der Waals surface area (Å²) in [6.45, 7) is 8.66. The molecule has 0 amide bonds. The summed E-state index contributed by atoms with van der Waals surface area (Å²) in [7, 11) is 0. The van der Waals surface area contributed by atoms with Crippen LogP contribution in [0.4, 0.5) is 0 Å². The number of hydrogen-bond donors (Lipinski definition) is 2. The Hall–Kier alpha value is -0.0800. The van der Waals surface area contributed by atoms with Crippen LogP contribution in [0.3, 0.4) is 0 Å². The molecular formula is C15H26O2. The number of hydrogen-bond acceptors (Lipinski definition) is 2. The molecule has 3 rings (SSSR count). The van der Waals surface area contributed by atoms with Crippen molar-refractivity contribution in [3.8, 4) is 0 Å². The van der Waals surface area contributed by atoms with Crippen molar-refractivity contribution in [2.45, 2.75) is 64.6 Å². The third-order valence-corrected chi connectivity index (χ3v) is 6.40. The van der Waals surface area contributed by atoms with Gasteiger partial charge in [-0.05, 0) is 68.6 Å². The molecular weight excluding hydrogens is 212 g/mol. The molecule has 3 saturated carbocycles. The number of aliphatic hydroxyl groups is 2. The molecule has 0 heterocycles. The minimum Gasteiger partial charge on any atom is -0.390 e. The fourth-order valence-electron chi connectivity index (χ4n) is 5.25. The van der Waals surface area contributed by atoms with Gasteiger partial charge >= 0.3 is 0 Å². The van der Waals surface area contributed by atoms with Crippen molar-refractivity contribution in [1.29, 1.82) is 0 Å². The average molecular weight is 238 g/mol. The predicted octanol–water partition coefficient (Wildman–Crippen LogP) is 2.58. The lowest BCUT2D eigenvalue weighted by Gasteiger charge is -2.37. The molecule has 0 aromatic carbocycles. The maximum absolute atomic E-state index is 10.7. The topological polar surface area (TPSA) is 40.5 Å². The van der Waals surface area contributed by atoms with Gasteiger partial charge in [-0.1, -0.05) is 13.8 Å². The normalized spacial score (nSPS) is 60.4. The van der Waals surface area contributed by atoms with Gasteiger partial charge in [-0.3, -0.25) is 0 Å². The number of rotatable bonds is 0. The first-order valence-electron chi connectivity index (χ1n) is 7.13. The van der Waals surface area contributed by atoms with E-state index < -0.39 is 11.2 Å². The van der Waals surface area contributed by atoms with Gasteiger partial charge in [0.2, 0.25) is 0 Å². The van der Waals surface area contributed by atoms with Crippen molar-refractivity contribution in [2.75, 3.05) is 0 Å². The summed E-state index contributed by atoms with van der Waals surface area (Å²) in [6, 6.07) is 0. The van der Waals surface area contributed by atoms with Gasteiger partial charge in [-0.25, -0.2) is 0 Å². The van der Waals surface area contributed by atoms with Crippen LogP contribution in [0.5, 0.6) is 0 Å². The second-order valence-corrected chi connectivity index (χ2v) is 7.88. The molecule has 0 saturated heterocycles. The molecule has 0 bridgehead atoms. The van der Waals surface area contributed by atoms with Crippen molar-refractivity contribution in [2.24, 2.45) is 29.1 Å². The first kappa shape index (κ1) is 12.0. The van der Waals surface area contributed by atoms with E-state index in [4.69, 9.17) is 0 Å². The summed E-state index contributed by atoms with van der Waals surface area (Å²) in [5.41, 5.74) is -0.738. The van der Waals surface area contributed by atoms with E-state index in [1.165, 1.54) is 0 Å². The first-order valence-corrected chi connectivity index (χ1v) is 7.13. The van der Waals surface area contributed by atoms with Gasteiger partial charge in [0.1, 0.15) is 0 Å². The number of fused-ring (bicyclic) bond motifs is 3. The SMILES string of the molecule is CC1(C)[C@H]2[C@H]3[C@H](CC[C@@]3(C)O)[C@@](C)(O)CC[C@H]21. The van der Waals surface area contributed by atoms with Crippen LogP contribution in [0.15, 0.2) is 0 Å². The summed E-state index contributed by atoms with van der Waals surface area (Å²) < 4.78 is 0. The lowest BCUT2D eigenvalue weighted by atomic mass is 9.73. The Morgan fingerprint density at radius 1 is 0.765 bits per heavy atom. The van der Waals surface area contributed by atoms with Gasteiger partial charge in [-0.15, -0.1) is 0 Å². The van der Waals surface area contributed by atoms with E-state index >= 15 is 0 Å². The van der Waals surface area contributed by atoms with E-state index in [0.717, 1.165) is 25.7 Å². The highest BCUT2D eigenvalue weighted by Crippen LogP contribution is 2.71. The molecule has 3 aliphatic rings. The molecule has 0 spiro atoms. The zero-order valence-electron chi connectivity index (χ0n) is 11.5. The fourth-order valence-corrected chi connectivity index (χ4v) is 5.25. The zero-order chi connectivity index (χ0) is 12.6. The quantitative estimate of drug-likeness (QED) is 0.681. The Bertz CT molecular complexity index is 343. The van der Waals surface area contributed by atoms with E-state index in [0.29, 0.717) is 29.1 Å². The van der Waals surface area contributed by atoms with E-state index in [-0.39, 0.29) is 0 Å². The van der Waals surface area contributed by atoms with Gasteiger partial charge in [-0.2, -0.15) is 0 Å². The lowest BCUT2D eigenvalue weighted by molar-refractivity contribution is -0.0663. The largest absolute Gasteiger partial charge is 0.390 e. The molecule has 2 heteroatoms. The van der Waals surface area contributed by atoms with Crippen molar-refractivity contribution >= 4 is 0 Å². The van der Waals surface area contributed by atoms with Crippen LogP contribution in [0, 0.1) is 29.1 Å². The fraction of sp³-hybridized carbons (Fsp3) is 1.00. The third-order valence-electron chi connectivity index (χ3n) is 6.40. The smallest absolute Gasteiger partial charge is 0.0654 e. The summed E-state index contributed by atoms with van der Waals surface area (Å²) in [6.07, 6.45) is 3.89. The predicted molar refractivity (Wildman–Crippen MR) is 67.5 cm³/mol. The lowest BCUT2D eigenvalue weighted by Crippen LogP contribution is -2.43. The van der Waals surface area contributed by atoms with Crippen molar-refractivity contribution in [1.82, 2.24) is 0 Å². The van der Waals surface area contributed by atoms with Gasteiger partial charge in [0, 0.05) is 0 Å². The molecule has 0 aromatic rings. The monoisotopic (exact) mass is 238 g/mol. The Morgan fingerprint density at radius 2 is 1.29 bits per heavy atom. The van der Waals surface area contributed by atoms with Crippen molar-refractivity contribution in [3.05, 3.63) is 0 Å². The highest BCUT2D eigenvalue weighted by molar-refractivity contribution is 5.18. The van der Waals surface area contributed by atoms with Crippen LogP contribution in [-0.4, -0.2) is 21.4 Å². The summed E-state index contributed by atoms with van der Waals surface area (Å²) >= 11 is 0.